The van der Waals surface area contributed by atoms with Gasteiger partial charge in [-0.05, 0) is 70.8 Å². The number of nitrogens with one attached hydrogen (secondary N) is 2. The van der Waals surface area contributed by atoms with Crippen LogP contribution in [0.25, 0.3) is 0 Å². The van der Waals surface area contributed by atoms with Crippen LogP contribution >= 0.6 is 0 Å². The van der Waals surface area contributed by atoms with Crippen LogP contribution < -0.4 is 10.6 Å². The molecule has 2 saturated carbocycles. The van der Waals surface area contributed by atoms with Gasteiger partial charge in [-0.15, -0.1) is 0 Å². The van der Waals surface area contributed by atoms with E-state index >= 15 is 0 Å². The number of guanidine groups is 1. The molecule has 5 aliphatic rings. The zero-order chi connectivity index (χ0) is 26.2. The fourth-order valence-corrected chi connectivity index (χ4v) is 6.48. The number of piperidine rings is 1. The number of likely N-dealkylation sites (tertiary alicyclic amines) is 1. The summed E-state index contributed by atoms with van der Waals surface area (Å²) in [5, 5.41) is 6.55. The number of pyridine rings is 1. The van der Waals surface area contributed by atoms with Gasteiger partial charge in [-0.25, -0.2) is 9.98 Å². The van der Waals surface area contributed by atoms with Crippen LogP contribution in [0, 0.1) is 5.92 Å². The van der Waals surface area contributed by atoms with Gasteiger partial charge in [0.15, 0.2) is 5.84 Å². The van der Waals surface area contributed by atoms with E-state index in [0.29, 0.717) is 17.3 Å². The number of carbonyl (C=O) groups is 2. The molecule has 3 fully saturated rings. The highest BCUT2D eigenvalue weighted by molar-refractivity contribution is 6.15. The Morgan fingerprint density at radius 3 is 2.53 bits per heavy atom. The third-order valence-corrected chi connectivity index (χ3v) is 8.78. The summed E-state index contributed by atoms with van der Waals surface area (Å²) in [5.41, 5.74) is 1.33. The average molecular weight is 519 g/mol. The Labute approximate surface area is 224 Å². The Hall–Kier alpha value is -3.27. The minimum Gasteiger partial charge on any atom is -0.349 e. The van der Waals surface area contributed by atoms with Gasteiger partial charge in [0.1, 0.15) is 11.5 Å². The van der Waals surface area contributed by atoms with Gasteiger partial charge in [-0.1, -0.05) is 19.3 Å². The van der Waals surface area contributed by atoms with E-state index in [-0.39, 0.29) is 35.9 Å². The largest absolute Gasteiger partial charge is 0.349 e. The first-order valence-electron chi connectivity index (χ1n) is 14.1. The predicted octanol–water partition coefficient (Wildman–Crippen LogP) is 2.81. The van der Waals surface area contributed by atoms with E-state index in [2.05, 4.69) is 32.5 Å². The molecule has 2 aliphatic carbocycles. The molecule has 0 spiro atoms. The number of aromatic nitrogens is 1. The van der Waals surface area contributed by atoms with Crippen molar-refractivity contribution in [2.45, 2.75) is 75.9 Å². The number of aliphatic imine (C=N–C) groups is 2. The van der Waals surface area contributed by atoms with Gasteiger partial charge in [-0.2, -0.15) is 0 Å². The Kier molecular flexibility index (Phi) is 6.90. The molecule has 2 amide bonds. The molecule has 202 valence electrons. The maximum atomic E-state index is 13.2. The molecule has 0 bridgehead atoms. The topological polar surface area (TPSA) is 106 Å². The molecule has 2 unspecified atom stereocenters. The number of amides is 2. The van der Waals surface area contributed by atoms with Crippen molar-refractivity contribution in [3.63, 3.8) is 0 Å². The zero-order valence-corrected chi connectivity index (χ0v) is 22.4. The number of hydrogen-bond donors (Lipinski definition) is 2. The SMILES string of the molecule is CN1CCC(NC(=O)c2ccc(NC3=NC=C4C(=NC5CCCC5C(=O)N4C)N3C3CCCC3)nc2)CC1. The smallest absolute Gasteiger partial charge is 0.253 e. The van der Waals surface area contributed by atoms with Gasteiger partial charge < -0.3 is 20.4 Å². The molecule has 2 atom stereocenters. The summed E-state index contributed by atoms with van der Waals surface area (Å²) in [4.78, 5) is 46.7. The molecule has 1 saturated heterocycles. The number of amidine groups is 1. The van der Waals surface area contributed by atoms with Crippen LogP contribution in [0.5, 0.6) is 0 Å². The molecule has 10 nitrogen and oxygen atoms in total. The average Bonchev–Trinajstić information content (AvgIpc) is 3.61. The highest BCUT2D eigenvalue weighted by Crippen LogP contribution is 2.36. The molecule has 2 N–H and O–H groups in total. The molecule has 3 aliphatic heterocycles. The van der Waals surface area contributed by atoms with Crippen LogP contribution in [0.2, 0.25) is 0 Å². The zero-order valence-electron chi connectivity index (χ0n) is 22.4. The summed E-state index contributed by atoms with van der Waals surface area (Å²) >= 11 is 0. The summed E-state index contributed by atoms with van der Waals surface area (Å²) in [7, 11) is 3.96. The lowest BCUT2D eigenvalue weighted by atomic mass is 10.0. The Bertz CT molecular complexity index is 1160. The lowest BCUT2D eigenvalue weighted by Gasteiger charge is -2.37. The third-order valence-electron chi connectivity index (χ3n) is 8.78. The Balaban J connectivity index is 1.22. The van der Waals surface area contributed by atoms with Crippen molar-refractivity contribution < 1.29 is 9.59 Å². The molecular weight excluding hydrogens is 480 g/mol. The van der Waals surface area contributed by atoms with E-state index in [9.17, 15) is 9.59 Å². The highest BCUT2D eigenvalue weighted by atomic mass is 16.2. The van der Waals surface area contributed by atoms with Gasteiger partial charge >= 0.3 is 0 Å². The summed E-state index contributed by atoms with van der Waals surface area (Å²) in [6, 6.07) is 4.14. The van der Waals surface area contributed by atoms with Crippen molar-refractivity contribution in [3.05, 3.63) is 35.8 Å². The van der Waals surface area contributed by atoms with Gasteiger partial charge in [0.2, 0.25) is 11.9 Å². The van der Waals surface area contributed by atoms with Crippen molar-refractivity contribution in [3.8, 4) is 0 Å². The maximum Gasteiger partial charge on any atom is 0.253 e. The van der Waals surface area contributed by atoms with Gasteiger partial charge in [0.25, 0.3) is 5.91 Å². The van der Waals surface area contributed by atoms with Crippen LogP contribution in [0.3, 0.4) is 0 Å². The minimum atomic E-state index is -0.0830. The van der Waals surface area contributed by atoms with Crippen LogP contribution in [0.15, 0.2) is 40.2 Å². The summed E-state index contributed by atoms with van der Waals surface area (Å²) in [5.74, 6) is 2.15. The number of carbonyl (C=O) groups excluding carboxylic acids is 2. The summed E-state index contributed by atoms with van der Waals surface area (Å²) < 4.78 is 0. The van der Waals surface area contributed by atoms with Gasteiger partial charge in [0, 0.05) is 25.3 Å². The van der Waals surface area contributed by atoms with Crippen LogP contribution in [0.4, 0.5) is 5.82 Å². The second-order valence-electron chi connectivity index (χ2n) is 11.3. The standard InChI is InChI=1S/C28H38N8O2/c1-34-14-12-19(13-15-34)31-26(37)18-10-11-24(29-16-18)33-28-30-17-23-25(36(28)20-6-3-4-7-20)32-22-9-5-8-21(22)27(38)35(23)2/h10-11,16-17,19-22H,3-9,12-15H2,1-2H3,(H,31,37)(H,29,30,33). The first-order chi connectivity index (χ1) is 18.5. The second kappa shape index (κ2) is 10.5. The number of rotatable bonds is 4. The summed E-state index contributed by atoms with van der Waals surface area (Å²) in [6.07, 6.45) is 12.6. The molecular formula is C28H38N8O2. The lowest BCUT2D eigenvalue weighted by Crippen LogP contribution is -2.51. The van der Waals surface area contributed by atoms with E-state index in [1.165, 1.54) is 12.8 Å². The number of hydrogen-bond acceptors (Lipinski definition) is 8. The van der Waals surface area contributed by atoms with Crippen molar-refractivity contribution in [2.75, 3.05) is 32.5 Å². The first-order valence-corrected chi connectivity index (χ1v) is 14.1. The molecule has 0 radical (unpaired) electrons. The van der Waals surface area contributed by atoms with Crippen LogP contribution in [-0.4, -0.2) is 88.6 Å². The predicted molar refractivity (Wildman–Crippen MR) is 147 cm³/mol. The number of anilines is 1. The lowest BCUT2D eigenvalue weighted by molar-refractivity contribution is -0.132. The van der Waals surface area contributed by atoms with Gasteiger partial charge in [-0.3, -0.25) is 19.5 Å². The number of likely N-dealkylation sites (N-methyl/N-ethyl adjacent to an activating group) is 1. The molecule has 4 heterocycles. The van der Waals surface area contributed by atoms with E-state index in [1.54, 1.807) is 17.3 Å². The molecule has 0 aromatic carbocycles. The van der Waals surface area contributed by atoms with E-state index in [0.717, 1.165) is 69.6 Å². The van der Waals surface area contributed by atoms with Crippen molar-refractivity contribution in [2.24, 2.45) is 15.9 Å². The Morgan fingerprint density at radius 1 is 1.00 bits per heavy atom. The monoisotopic (exact) mass is 518 g/mol. The van der Waals surface area contributed by atoms with Crippen LogP contribution in [-0.2, 0) is 4.79 Å². The highest BCUT2D eigenvalue weighted by Gasteiger charge is 2.43. The van der Waals surface area contributed by atoms with Crippen molar-refractivity contribution in [1.29, 1.82) is 0 Å². The molecule has 6 rings (SSSR count). The van der Waals surface area contributed by atoms with E-state index in [4.69, 9.17) is 9.98 Å². The molecule has 1 aromatic rings. The van der Waals surface area contributed by atoms with E-state index < -0.39 is 0 Å². The van der Waals surface area contributed by atoms with Crippen molar-refractivity contribution in [1.82, 2.24) is 25.0 Å². The molecule has 10 heteroatoms. The fraction of sp³-hybridized carbons (Fsp3) is 0.607. The second-order valence-corrected chi connectivity index (χ2v) is 11.3. The fourth-order valence-electron chi connectivity index (χ4n) is 6.48. The quantitative estimate of drug-likeness (QED) is 0.635. The third kappa shape index (κ3) is 4.81. The normalized spacial score (nSPS) is 26.8. The number of nitrogens with zero attached hydrogens (tertiary/aromatic N) is 6. The molecule has 38 heavy (non-hydrogen) atoms. The van der Waals surface area contributed by atoms with Crippen LogP contribution in [0.1, 0.15) is 68.1 Å². The van der Waals surface area contributed by atoms with E-state index in [1.807, 2.05) is 19.2 Å². The minimum absolute atomic E-state index is 0.0228. The first kappa shape index (κ1) is 25.0. The maximum absolute atomic E-state index is 13.2. The summed E-state index contributed by atoms with van der Waals surface area (Å²) in [6.45, 7) is 2.00. The molecule has 1 aromatic heterocycles. The van der Waals surface area contributed by atoms with Gasteiger partial charge in [0.05, 0.1) is 23.7 Å². The Morgan fingerprint density at radius 2 is 1.79 bits per heavy atom. The number of fused-ring (bicyclic) bond motifs is 2. The van der Waals surface area contributed by atoms with Crippen molar-refractivity contribution >= 4 is 29.4 Å².